The molecule has 248 valence electrons. The summed E-state index contributed by atoms with van der Waals surface area (Å²) in [7, 11) is 0. The number of carbonyl (C=O) groups excluding carboxylic acids is 1. The van der Waals surface area contributed by atoms with Crippen molar-refractivity contribution in [1.82, 2.24) is 20.1 Å². The number of aliphatic imine (C=N–C) groups is 1. The lowest BCUT2D eigenvalue weighted by Gasteiger charge is -2.37. The molecule has 5 aromatic carbocycles. The van der Waals surface area contributed by atoms with Gasteiger partial charge >= 0.3 is 0 Å². The van der Waals surface area contributed by atoms with E-state index in [4.69, 9.17) is 10.1 Å². The highest BCUT2D eigenvalue weighted by Crippen LogP contribution is 2.46. The van der Waals surface area contributed by atoms with Gasteiger partial charge in [-0.1, -0.05) is 115 Å². The standard InChI is InChI=1S/C45H37N5O/c1-30(33-12-11-13-34(26-33)31-20-21-31)47-44(51)41-27-35-28-42-39(29-40(35)48-41)43(32-22-24-46-25-23-32)49-50(42)45(36-14-5-2-6-15-36,37-16-7-3-8-17-37)38-18-9-4-10-19-38/h2-19,22-26,28-31H,20-21,27H2,1H3,(H,47,51)/t30-/m1/s1. The van der Waals surface area contributed by atoms with Crippen molar-refractivity contribution in [2.75, 3.05) is 0 Å². The fourth-order valence-corrected chi connectivity index (χ4v) is 7.68. The lowest BCUT2D eigenvalue weighted by atomic mass is 9.77. The highest BCUT2D eigenvalue weighted by molar-refractivity contribution is 6.41. The van der Waals surface area contributed by atoms with Crippen LogP contribution in [0.15, 0.2) is 157 Å². The van der Waals surface area contributed by atoms with Crippen LogP contribution in [0.3, 0.4) is 0 Å². The fraction of sp³-hybridized carbons (Fsp3) is 0.156. The Balaban J connectivity index is 1.19. The molecule has 6 nitrogen and oxygen atoms in total. The Morgan fingerprint density at radius 2 is 1.39 bits per heavy atom. The summed E-state index contributed by atoms with van der Waals surface area (Å²) in [6.07, 6.45) is 6.54. The maximum Gasteiger partial charge on any atom is 0.266 e. The maximum atomic E-state index is 13.8. The summed E-state index contributed by atoms with van der Waals surface area (Å²) >= 11 is 0. The van der Waals surface area contributed by atoms with Crippen LogP contribution in [0.1, 0.15) is 65.1 Å². The summed E-state index contributed by atoms with van der Waals surface area (Å²) in [5.41, 5.74) is 10.0. The Labute approximate surface area is 297 Å². The minimum absolute atomic E-state index is 0.128. The van der Waals surface area contributed by atoms with Gasteiger partial charge in [-0.25, -0.2) is 9.67 Å². The SMILES string of the molecule is C[C@@H](NC(=O)C1=Nc2cc3c(-c4ccncc4)nn(C(c4ccccc4)(c4ccccc4)c4ccccc4)c3cc2C1)c1cccc(C2CC2)c1. The molecule has 1 N–H and O–H groups in total. The second-order valence-corrected chi connectivity index (χ2v) is 13.7. The van der Waals surface area contributed by atoms with Crippen LogP contribution in [0.4, 0.5) is 5.69 Å². The normalized spacial score (nSPS) is 14.6. The molecule has 1 atom stereocenters. The van der Waals surface area contributed by atoms with Crippen molar-refractivity contribution in [1.29, 1.82) is 0 Å². The molecule has 0 saturated heterocycles. The van der Waals surface area contributed by atoms with Gasteiger partial charge in [-0.15, -0.1) is 0 Å². The fourth-order valence-electron chi connectivity index (χ4n) is 7.68. The van der Waals surface area contributed by atoms with Crippen molar-refractivity contribution in [2.45, 2.75) is 43.7 Å². The molecule has 7 aromatic rings. The minimum atomic E-state index is -0.814. The first kappa shape index (κ1) is 30.9. The van der Waals surface area contributed by atoms with E-state index in [-0.39, 0.29) is 11.9 Å². The van der Waals surface area contributed by atoms with Crippen molar-refractivity contribution < 1.29 is 4.79 Å². The van der Waals surface area contributed by atoms with Crippen LogP contribution in [-0.2, 0) is 16.8 Å². The number of hydrogen-bond acceptors (Lipinski definition) is 4. The molecule has 0 bridgehead atoms. The number of aromatic nitrogens is 3. The number of amides is 1. The summed E-state index contributed by atoms with van der Waals surface area (Å²) in [5, 5.41) is 9.71. The second kappa shape index (κ2) is 12.6. The summed E-state index contributed by atoms with van der Waals surface area (Å²) in [5.74, 6) is 0.524. The molecule has 3 heterocycles. The molecular weight excluding hydrogens is 627 g/mol. The van der Waals surface area contributed by atoms with Gasteiger partial charge in [0.2, 0.25) is 0 Å². The Bertz CT molecular complexity index is 2300. The number of nitrogens with zero attached hydrogens (tertiary/aromatic N) is 4. The smallest absolute Gasteiger partial charge is 0.266 e. The number of pyridine rings is 1. The van der Waals surface area contributed by atoms with Gasteiger partial charge in [-0.05, 0) is 83.3 Å². The summed E-state index contributed by atoms with van der Waals surface area (Å²) in [6.45, 7) is 2.05. The number of hydrogen-bond donors (Lipinski definition) is 1. The number of rotatable bonds is 9. The molecule has 6 heteroatoms. The number of benzene rings is 5. The summed E-state index contributed by atoms with van der Waals surface area (Å²) < 4.78 is 2.19. The molecule has 51 heavy (non-hydrogen) atoms. The van der Waals surface area contributed by atoms with Gasteiger partial charge in [0, 0.05) is 29.8 Å². The van der Waals surface area contributed by atoms with Crippen molar-refractivity contribution in [3.05, 3.63) is 185 Å². The van der Waals surface area contributed by atoms with Gasteiger partial charge in [0.15, 0.2) is 0 Å². The van der Waals surface area contributed by atoms with Gasteiger partial charge in [0.1, 0.15) is 16.9 Å². The van der Waals surface area contributed by atoms with Crippen LogP contribution in [0.2, 0.25) is 0 Å². The average molecular weight is 664 g/mol. The topological polar surface area (TPSA) is 72.2 Å². The Morgan fingerprint density at radius 1 is 0.765 bits per heavy atom. The van der Waals surface area contributed by atoms with Gasteiger partial charge in [0.25, 0.3) is 5.91 Å². The van der Waals surface area contributed by atoms with E-state index in [1.807, 2.05) is 19.1 Å². The van der Waals surface area contributed by atoms with E-state index in [1.54, 1.807) is 12.4 Å². The van der Waals surface area contributed by atoms with Crippen molar-refractivity contribution in [2.24, 2.45) is 4.99 Å². The monoisotopic (exact) mass is 663 g/mol. The van der Waals surface area contributed by atoms with E-state index in [9.17, 15) is 4.79 Å². The molecule has 1 saturated carbocycles. The molecule has 1 amide bonds. The van der Waals surface area contributed by atoms with Crippen LogP contribution in [0, 0.1) is 0 Å². The molecule has 1 fully saturated rings. The Kier molecular flexibility index (Phi) is 7.65. The van der Waals surface area contributed by atoms with Gasteiger partial charge in [0.05, 0.1) is 17.2 Å². The number of nitrogens with one attached hydrogen (secondary N) is 1. The molecule has 9 rings (SSSR count). The highest BCUT2D eigenvalue weighted by atomic mass is 16.2. The summed E-state index contributed by atoms with van der Waals surface area (Å²) in [6, 6.07) is 48.6. The molecule has 0 spiro atoms. The lowest BCUT2D eigenvalue weighted by molar-refractivity contribution is -0.115. The first-order valence-electron chi connectivity index (χ1n) is 17.7. The van der Waals surface area contributed by atoms with Crippen LogP contribution in [0.5, 0.6) is 0 Å². The molecule has 1 aliphatic carbocycles. The highest BCUT2D eigenvalue weighted by Gasteiger charge is 2.41. The predicted molar refractivity (Wildman–Crippen MR) is 203 cm³/mol. The molecule has 2 aromatic heterocycles. The zero-order chi connectivity index (χ0) is 34.4. The van der Waals surface area contributed by atoms with Gasteiger partial charge in [-0.3, -0.25) is 9.78 Å². The van der Waals surface area contributed by atoms with E-state index in [0.717, 1.165) is 55.7 Å². The third-order valence-corrected chi connectivity index (χ3v) is 10.4. The maximum absolute atomic E-state index is 13.8. The Morgan fingerprint density at radius 3 is 2.00 bits per heavy atom. The van der Waals surface area contributed by atoms with E-state index in [2.05, 4.69) is 142 Å². The van der Waals surface area contributed by atoms with Crippen molar-refractivity contribution in [3.8, 4) is 11.3 Å². The number of carbonyl (C=O) groups is 1. The molecular formula is C45H37N5O. The molecule has 0 radical (unpaired) electrons. The minimum Gasteiger partial charge on any atom is -0.344 e. The van der Waals surface area contributed by atoms with Crippen LogP contribution < -0.4 is 5.32 Å². The van der Waals surface area contributed by atoms with E-state index in [0.29, 0.717) is 18.1 Å². The van der Waals surface area contributed by atoms with Gasteiger partial charge in [-0.2, -0.15) is 5.10 Å². The predicted octanol–water partition coefficient (Wildman–Crippen LogP) is 9.32. The van der Waals surface area contributed by atoms with Crippen molar-refractivity contribution >= 4 is 28.2 Å². The quantitative estimate of drug-likeness (QED) is 0.157. The van der Waals surface area contributed by atoms with E-state index in [1.165, 1.54) is 18.4 Å². The largest absolute Gasteiger partial charge is 0.344 e. The van der Waals surface area contributed by atoms with Crippen LogP contribution in [-0.4, -0.2) is 26.4 Å². The van der Waals surface area contributed by atoms with Crippen molar-refractivity contribution in [3.63, 3.8) is 0 Å². The van der Waals surface area contributed by atoms with Crippen LogP contribution in [0.25, 0.3) is 22.2 Å². The lowest BCUT2D eigenvalue weighted by Crippen LogP contribution is -2.38. The Hall–Kier alpha value is -6.14. The zero-order valence-electron chi connectivity index (χ0n) is 28.4. The second-order valence-electron chi connectivity index (χ2n) is 13.7. The number of fused-ring (bicyclic) bond motifs is 2. The van der Waals surface area contributed by atoms with Gasteiger partial charge < -0.3 is 5.32 Å². The third kappa shape index (κ3) is 5.44. The third-order valence-electron chi connectivity index (χ3n) is 10.4. The van der Waals surface area contributed by atoms with Crippen LogP contribution >= 0.6 is 0 Å². The first-order chi connectivity index (χ1) is 25.1. The summed E-state index contributed by atoms with van der Waals surface area (Å²) in [4.78, 5) is 23.0. The zero-order valence-corrected chi connectivity index (χ0v) is 28.4. The van der Waals surface area contributed by atoms with E-state index >= 15 is 0 Å². The average Bonchev–Trinajstić information content (AvgIpc) is 3.87. The molecule has 2 aliphatic rings. The van der Waals surface area contributed by atoms with E-state index < -0.39 is 5.54 Å². The molecule has 1 aliphatic heterocycles. The first-order valence-corrected chi connectivity index (χ1v) is 17.7. The molecule has 0 unspecified atom stereocenters.